The first kappa shape index (κ1) is 33.7. The van der Waals surface area contributed by atoms with Crippen LogP contribution in [-0.4, -0.2) is 45.6 Å². The van der Waals surface area contributed by atoms with Gasteiger partial charge in [-0.25, -0.2) is 4.79 Å². The molecule has 0 aliphatic carbocycles. The average Bonchev–Trinajstić information content (AvgIpc) is 2.86. The number of rotatable bonds is 11. The summed E-state index contributed by atoms with van der Waals surface area (Å²) in [5.74, 6) is -0.854. The highest BCUT2D eigenvalue weighted by molar-refractivity contribution is 6.00. The molecule has 0 aliphatic heterocycles. The van der Waals surface area contributed by atoms with Gasteiger partial charge in [0.05, 0.1) is 0 Å². The molecule has 3 N–H and O–H groups in total. The van der Waals surface area contributed by atoms with E-state index in [1.54, 1.807) is 52.0 Å². The van der Waals surface area contributed by atoms with Crippen LogP contribution in [0.2, 0.25) is 0 Å². The maximum absolute atomic E-state index is 14.5. The molecule has 3 unspecified atom stereocenters. The summed E-state index contributed by atoms with van der Waals surface area (Å²) in [7, 11) is 0. The molecule has 0 bridgehead atoms. The van der Waals surface area contributed by atoms with Gasteiger partial charge in [-0.15, -0.1) is 0 Å². The van der Waals surface area contributed by atoms with Crippen LogP contribution in [0.25, 0.3) is 0 Å². The molecule has 0 heterocycles. The summed E-state index contributed by atoms with van der Waals surface area (Å²) >= 11 is 0. The van der Waals surface area contributed by atoms with Crippen LogP contribution >= 0.6 is 0 Å². The molecule has 0 spiro atoms. The lowest BCUT2D eigenvalue weighted by atomic mass is 9.93. The number of alkyl carbamates (subject to hydrolysis) is 1. The first-order chi connectivity index (χ1) is 19.0. The van der Waals surface area contributed by atoms with Crippen molar-refractivity contribution in [1.29, 1.82) is 0 Å². The van der Waals surface area contributed by atoms with Gasteiger partial charge in [-0.3, -0.25) is 9.59 Å². The van der Waals surface area contributed by atoms with Gasteiger partial charge in [-0.1, -0.05) is 64.1 Å². The first-order valence-corrected chi connectivity index (χ1v) is 14.5. The van der Waals surface area contributed by atoms with E-state index in [9.17, 15) is 19.5 Å². The zero-order chi connectivity index (χ0) is 31.1. The van der Waals surface area contributed by atoms with E-state index in [1.165, 1.54) is 4.90 Å². The third-order valence-corrected chi connectivity index (χ3v) is 6.99. The van der Waals surface area contributed by atoms with Crippen LogP contribution in [0.4, 0.5) is 10.5 Å². The van der Waals surface area contributed by atoms with Gasteiger partial charge in [0, 0.05) is 17.3 Å². The number of benzene rings is 2. The summed E-state index contributed by atoms with van der Waals surface area (Å²) < 4.78 is 5.47. The number of aryl methyl sites for hydroxylation is 2. The van der Waals surface area contributed by atoms with Gasteiger partial charge in [0.2, 0.25) is 5.91 Å². The second kappa shape index (κ2) is 14.4. The Labute approximate surface area is 245 Å². The standard InChI is InChI=1S/C33H49N3O5/c1-20(2)18-19-24(7)36(31(39)27(21(3)4)35-32(40)41-33(8,9)10)28(25-16-13-15-23(6)29(25)37)30(38)34-26-17-12-11-14-22(26)5/h11-17,20-21,24,27-28,37H,18-19H2,1-10H3,(H,34,38)(H,35,40). The fraction of sp³-hybridized carbons (Fsp3) is 0.545. The summed E-state index contributed by atoms with van der Waals surface area (Å²) in [5.41, 5.74) is 1.64. The normalized spacial score (nSPS) is 13.9. The maximum atomic E-state index is 14.5. The summed E-state index contributed by atoms with van der Waals surface area (Å²) in [5, 5.41) is 16.9. The van der Waals surface area contributed by atoms with Crippen molar-refractivity contribution in [3.05, 3.63) is 59.2 Å². The van der Waals surface area contributed by atoms with Gasteiger partial charge < -0.3 is 25.4 Å². The summed E-state index contributed by atoms with van der Waals surface area (Å²) in [6, 6.07) is 10.1. The van der Waals surface area contributed by atoms with Crippen molar-refractivity contribution in [2.45, 2.75) is 106 Å². The molecule has 0 aliphatic rings. The number of ether oxygens (including phenoxy) is 1. The molecule has 2 aromatic carbocycles. The van der Waals surface area contributed by atoms with Gasteiger partial charge in [0.1, 0.15) is 23.4 Å². The predicted molar refractivity (Wildman–Crippen MR) is 164 cm³/mol. The van der Waals surface area contributed by atoms with Crippen molar-refractivity contribution in [1.82, 2.24) is 10.2 Å². The highest BCUT2D eigenvalue weighted by Gasteiger charge is 2.41. The van der Waals surface area contributed by atoms with Crippen molar-refractivity contribution >= 4 is 23.6 Å². The second-order valence-electron chi connectivity index (χ2n) is 12.7. The highest BCUT2D eigenvalue weighted by atomic mass is 16.6. The number of phenols is 1. The predicted octanol–water partition coefficient (Wildman–Crippen LogP) is 6.89. The largest absolute Gasteiger partial charge is 0.507 e. The number of amides is 3. The molecule has 226 valence electrons. The molecule has 3 amide bonds. The molecule has 8 heteroatoms. The third-order valence-electron chi connectivity index (χ3n) is 6.99. The molecule has 0 saturated carbocycles. The highest BCUT2D eigenvalue weighted by Crippen LogP contribution is 2.35. The Morgan fingerprint density at radius 3 is 2.07 bits per heavy atom. The molecule has 41 heavy (non-hydrogen) atoms. The topological polar surface area (TPSA) is 108 Å². The number of nitrogens with one attached hydrogen (secondary N) is 2. The van der Waals surface area contributed by atoms with Crippen molar-refractivity contribution < 1.29 is 24.2 Å². The molecular formula is C33H49N3O5. The van der Waals surface area contributed by atoms with E-state index in [0.717, 1.165) is 12.0 Å². The van der Waals surface area contributed by atoms with Gasteiger partial charge in [0.15, 0.2) is 0 Å². The summed E-state index contributed by atoms with van der Waals surface area (Å²) in [6.07, 6.45) is 0.739. The lowest BCUT2D eigenvalue weighted by molar-refractivity contribution is -0.144. The Morgan fingerprint density at radius 1 is 0.902 bits per heavy atom. The Morgan fingerprint density at radius 2 is 1.51 bits per heavy atom. The smallest absolute Gasteiger partial charge is 0.408 e. The third kappa shape index (κ3) is 9.51. The van der Waals surface area contributed by atoms with Crippen LogP contribution in [0.15, 0.2) is 42.5 Å². The van der Waals surface area contributed by atoms with Crippen molar-refractivity contribution in [2.24, 2.45) is 11.8 Å². The summed E-state index contributed by atoms with van der Waals surface area (Å²) in [4.78, 5) is 43.0. The quantitative estimate of drug-likeness (QED) is 0.274. The molecule has 0 fully saturated rings. The molecule has 3 atom stereocenters. The molecule has 0 radical (unpaired) electrons. The molecule has 2 aromatic rings. The number of anilines is 1. The molecule has 0 saturated heterocycles. The second-order valence-corrected chi connectivity index (χ2v) is 12.7. The van der Waals surface area contributed by atoms with E-state index < -0.39 is 35.6 Å². The lowest BCUT2D eigenvalue weighted by Gasteiger charge is -2.40. The zero-order valence-electron chi connectivity index (χ0n) is 26.4. The Kier molecular flexibility index (Phi) is 11.8. The monoisotopic (exact) mass is 567 g/mol. The lowest BCUT2D eigenvalue weighted by Crippen LogP contribution is -2.56. The van der Waals surface area contributed by atoms with Crippen LogP contribution in [0.5, 0.6) is 5.75 Å². The molecule has 0 aromatic heterocycles. The van der Waals surface area contributed by atoms with Crippen LogP contribution in [-0.2, 0) is 14.3 Å². The van der Waals surface area contributed by atoms with Crippen molar-refractivity contribution in [3.63, 3.8) is 0 Å². The van der Waals surface area contributed by atoms with E-state index >= 15 is 0 Å². The van der Waals surface area contributed by atoms with E-state index in [2.05, 4.69) is 24.5 Å². The van der Waals surface area contributed by atoms with Crippen LogP contribution in [0.3, 0.4) is 0 Å². The Bertz CT molecular complexity index is 1200. The average molecular weight is 568 g/mol. The Hall–Kier alpha value is -3.55. The minimum atomic E-state index is -1.16. The van der Waals surface area contributed by atoms with Crippen LogP contribution in [0, 0.1) is 25.7 Å². The number of aromatic hydroxyl groups is 1. The number of nitrogens with zero attached hydrogens (tertiary/aromatic N) is 1. The fourth-order valence-electron chi connectivity index (χ4n) is 4.66. The number of carbonyl (C=O) groups excluding carboxylic acids is 3. The van der Waals surface area contributed by atoms with Gasteiger partial charge >= 0.3 is 6.09 Å². The molecule has 2 rings (SSSR count). The SMILES string of the molecule is Cc1ccccc1NC(=O)C(c1cccc(C)c1O)N(C(=O)C(NC(=O)OC(C)(C)C)C(C)C)C(C)CCC(C)C. The zero-order valence-corrected chi connectivity index (χ0v) is 26.4. The first-order valence-electron chi connectivity index (χ1n) is 14.5. The van der Waals surface area contributed by atoms with Gasteiger partial charge in [-0.2, -0.15) is 0 Å². The van der Waals surface area contributed by atoms with Gasteiger partial charge in [0.25, 0.3) is 5.91 Å². The van der Waals surface area contributed by atoms with E-state index in [1.807, 2.05) is 45.9 Å². The summed E-state index contributed by atoms with van der Waals surface area (Å²) in [6.45, 7) is 18.7. The minimum absolute atomic E-state index is 0.0486. The maximum Gasteiger partial charge on any atom is 0.408 e. The number of phenolic OH excluding ortho intramolecular Hbond substituents is 1. The fourth-order valence-corrected chi connectivity index (χ4v) is 4.66. The van der Waals surface area contributed by atoms with Gasteiger partial charge in [-0.05, 0) is 83.4 Å². The van der Waals surface area contributed by atoms with E-state index in [-0.39, 0.29) is 17.7 Å². The van der Waals surface area contributed by atoms with E-state index in [0.29, 0.717) is 29.2 Å². The number of carbonyl (C=O) groups is 3. The number of hydrogen-bond donors (Lipinski definition) is 3. The molecule has 8 nitrogen and oxygen atoms in total. The van der Waals surface area contributed by atoms with Crippen molar-refractivity contribution in [2.75, 3.05) is 5.32 Å². The van der Waals surface area contributed by atoms with E-state index in [4.69, 9.17) is 4.74 Å². The van der Waals surface area contributed by atoms with Crippen LogP contribution < -0.4 is 10.6 Å². The number of hydrogen-bond acceptors (Lipinski definition) is 5. The van der Waals surface area contributed by atoms with Crippen molar-refractivity contribution in [3.8, 4) is 5.75 Å². The number of para-hydroxylation sites is 2. The minimum Gasteiger partial charge on any atom is -0.507 e. The molecular weight excluding hydrogens is 518 g/mol. The van der Waals surface area contributed by atoms with Crippen LogP contribution in [0.1, 0.15) is 91.0 Å². The Balaban J connectivity index is 2.69.